The largest absolute Gasteiger partial charge is 0.481 e. The van der Waals surface area contributed by atoms with Gasteiger partial charge in [0.2, 0.25) is 0 Å². The molecule has 0 spiro atoms. The van der Waals surface area contributed by atoms with E-state index in [-0.39, 0.29) is 12.2 Å². The third-order valence-corrected chi connectivity index (χ3v) is 4.95. The van der Waals surface area contributed by atoms with Crippen LogP contribution in [0.2, 0.25) is 0 Å². The summed E-state index contributed by atoms with van der Waals surface area (Å²) in [5.74, 6) is -2.09. The lowest BCUT2D eigenvalue weighted by atomic mass is 9.98. The maximum atomic E-state index is 12.3. The van der Waals surface area contributed by atoms with Crippen LogP contribution < -0.4 is 5.32 Å². The molecule has 2 heterocycles. The summed E-state index contributed by atoms with van der Waals surface area (Å²) in [6.45, 7) is 2.53. The average molecular weight is 384 g/mol. The van der Waals surface area contributed by atoms with Gasteiger partial charge in [-0.1, -0.05) is 41.1 Å². The van der Waals surface area contributed by atoms with Gasteiger partial charge >= 0.3 is 5.97 Å². The molecule has 3 aromatic rings. The molecule has 1 aromatic carbocycles. The SMILES string of the molecule is Cc1cccc(CC(CNC(=O)c2cn(Cc3cccs3)nn2)C(=O)O)c1. The van der Waals surface area contributed by atoms with Crippen LogP contribution in [-0.4, -0.2) is 38.5 Å². The van der Waals surface area contributed by atoms with Crippen molar-refractivity contribution in [3.8, 4) is 0 Å². The number of hydrogen-bond donors (Lipinski definition) is 2. The zero-order valence-electron chi connectivity index (χ0n) is 14.8. The molecule has 0 aliphatic heterocycles. The van der Waals surface area contributed by atoms with Crippen molar-refractivity contribution >= 4 is 23.2 Å². The van der Waals surface area contributed by atoms with Gasteiger partial charge in [-0.05, 0) is 30.4 Å². The van der Waals surface area contributed by atoms with Gasteiger partial charge < -0.3 is 10.4 Å². The van der Waals surface area contributed by atoms with E-state index in [2.05, 4.69) is 15.6 Å². The lowest BCUT2D eigenvalue weighted by Crippen LogP contribution is -2.34. The highest BCUT2D eigenvalue weighted by Crippen LogP contribution is 2.12. The summed E-state index contributed by atoms with van der Waals surface area (Å²) in [6.07, 6.45) is 1.91. The first-order chi connectivity index (χ1) is 13.0. The number of amides is 1. The van der Waals surface area contributed by atoms with Gasteiger partial charge in [-0.25, -0.2) is 4.68 Å². The van der Waals surface area contributed by atoms with Crippen LogP contribution in [0.3, 0.4) is 0 Å². The van der Waals surface area contributed by atoms with Crippen molar-refractivity contribution in [3.05, 3.63) is 69.7 Å². The molecule has 1 amide bonds. The van der Waals surface area contributed by atoms with Crippen LogP contribution in [0.15, 0.2) is 48.0 Å². The molecule has 27 heavy (non-hydrogen) atoms. The van der Waals surface area contributed by atoms with Crippen molar-refractivity contribution in [2.75, 3.05) is 6.54 Å². The van der Waals surface area contributed by atoms with E-state index >= 15 is 0 Å². The molecule has 0 bridgehead atoms. The van der Waals surface area contributed by atoms with Crippen LogP contribution in [0.4, 0.5) is 0 Å². The number of aromatic nitrogens is 3. The van der Waals surface area contributed by atoms with E-state index < -0.39 is 17.8 Å². The second-order valence-electron chi connectivity index (χ2n) is 6.32. The highest BCUT2D eigenvalue weighted by Gasteiger charge is 2.20. The monoisotopic (exact) mass is 384 g/mol. The molecule has 0 aliphatic rings. The molecule has 3 rings (SSSR count). The number of carbonyl (C=O) groups is 2. The summed E-state index contributed by atoms with van der Waals surface area (Å²) in [4.78, 5) is 24.9. The zero-order valence-corrected chi connectivity index (χ0v) is 15.6. The summed E-state index contributed by atoms with van der Waals surface area (Å²) in [6, 6.07) is 11.6. The van der Waals surface area contributed by atoms with E-state index in [4.69, 9.17) is 0 Å². The Hall–Kier alpha value is -3.00. The molecule has 140 valence electrons. The van der Waals surface area contributed by atoms with Gasteiger partial charge in [0, 0.05) is 11.4 Å². The lowest BCUT2D eigenvalue weighted by Gasteiger charge is -2.13. The van der Waals surface area contributed by atoms with Gasteiger partial charge in [0.25, 0.3) is 5.91 Å². The number of hydrogen-bond acceptors (Lipinski definition) is 5. The quantitative estimate of drug-likeness (QED) is 0.621. The van der Waals surface area contributed by atoms with Crippen molar-refractivity contribution in [2.24, 2.45) is 5.92 Å². The normalized spacial score (nSPS) is 11.9. The maximum Gasteiger partial charge on any atom is 0.308 e. The summed E-state index contributed by atoms with van der Waals surface area (Å²) in [5.41, 5.74) is 2.17. The molecule has 0 radical (unpaired) electrons. The average Bonchev–Trinajstić information content (AvgIpc) is 3.30. The van der Waals surface area contributed by atoms with E-state index in [1.54, 1.807) is 22.2 Å². The highest BCUT2D eigenvalue weighted by atomic mass is 32.1. The summed E-state index contributed by atoms with van der Waals surface area (Å²) < 4.78 is 1.59. The predicted octanol–water partition coefficient (Wildman–Crippen LogP) is 2.37. The molecule has 0 saturated heterocycles. The third kappa shape index (κ3) is 5.24. The number of benzene rings is 1. The predicted molar refractivity (Wildman–Crippen MR) is 102 cm³/mol. The van der Waals surface area contributed by atoms with Crippen LogP contribution in [0.1, 0.15) is 26.5 Å². The fraction of sp³-hybridized carbons (Fsp3) is 0.263. The number of carboxylic acid groups (broad SMARTS) is 1. The third-order valence-electron chi connectivity index (χ3n) is 4.09. The molecular formula is C19H20N4O3S. The van der Waals surface area contributed by atoms with Crippen molar-refractivity contribution < 1.29 is 14.7 Å². The first kappa shape index (κ1) is 18.8. The van der Waals surface area contributed by atoms with Crippen molar-refractivity contribution in [2.45, 2.75) is 19.9 Å². The summed E-state index contributed by atoms with van der Waals surface area (Å²) in [7, 11) is 0. The minimum atomic E-state index is -0.946. The Labute approximate surface area is 160 Å². The zero-order chi connectivity index (χ0) is 19.2. The van der Waals surface area contributed by atoms with Crippen LogP contribution >= 0.6 is 11.3 Å². The topological polar surface area (TPSA) is 97.1 Å². The van der Waals surface area contributed by atoms with E-state index in [0.29, 0.717) is 13.0 Å². The highest BCUT2D eigenvalue weighted by molar-refractivity contribution is 7.09. The van der Waals surface area contributed by atoms with Gasteiger partial charge in [-0.2, -0.15) is 0 Å². The minimum Gasteiger partial charge on any atom is -0.481 e. The van der Waals surface area contributed by atoms with Crippen LogP contribution in [-0.2, 0) is 17.8 Å². The number of aryl methyl sites for hydroxylation is 1. The number of carbonyl (C=O) groups excluding carboxylic acids is 1. The lowest BCUT2D eigenvalue weighted by molar-refractivity contribution is -0.141. The van der Waals surface area contributed by atoms with Crippen molar-refractivity contribution in [1.82, 2.24) is 20.3 Å². The fourth-order valence-corrected chi connectivity index (χ4v) is 3.41. The molecule has 0 saturated carbocycles. The van der Waals surface area contributed by atoms with Gasteiger partial charge in [-0.3, -0.25) is 9.59 Å². The molecule has 7 nitrogen and oxygen atoms in total. The standard InChI is InChI=1S/C19H20N4O3S/c1-13-4-2-5-14(8-13)9-15(19(25)26)10-20-18(24)17-12-23(22-21-17)11-16-6-3-7-27-16/h2-8,12,15H,9-11H2,1H3,(H,20,24)(H,25,26). The smallest absolute Gasteiger partial charge is 0.308 e. The van der Waals surface area contributed by atoms with Crippen molar-refractivity contribution in [3.63, 3.8) is 0 Å². The molecule has 2 N–H and O–H groups in total. The van der Waals surface area contributed by atoms with Gasteiger partial charge in [0.05, 0.1) is 18.7 Å². The Morgan fingerprint density at radius 2 is 2.15 bits per heavy atom. The van der Waals surface area contributed by atoms with Crippen LogP contribution in [0.5, 0.6) is 0 Å². The number of carboxylic acids is 1. The number of rotatable bonds is 8. The van der Waals surface area contributed by atoms with E-state index in [0.717, 1.165) is 16.0 Å². The minimum absolute atomic E-state index is 0.0277. The molecular weight excluding hydrogens is 364 g/mol. The molecule has 1 atom stereocenters. The van der Waals surface area contributed by atoms with E-state index in [1.807, 2.05) is 48.7 Å². The fourth-order valence-electron chi connectivity index (χ4n) is 2.72. The van der Waals surface area contributed by atoms with E-state index in [9.17, 15) is 14.7 Å². The first-order valence-corrected chi connectivity index (χ1v) is 9.38. The van der Waals surface area contributed by atoms with Gasteiger partial charge in [-0.15, -0.1) is 16.4 Å². The first-order valence-electron chi connectivity index (χ1n) is 8.50. The molecule has 0 fully saturated rings. The molecule has 0 aliphatic carbocycles. The molecule has 1 unspecified atom stereocenters. The number of nitrogens with one attached hydrogen (secondary N) is 1. The Balaban J connectivity index is 1.57. The van der Waals surface area contributed by atoms with E-state index in [1.165, 1.54) is 0 Å². The van der Waals surface area contributed by atoms with Gasteiger partial charge in [0.1, 0.15) is 0 Å². The number of nitrogens with zero attached hydrogens (tertiary/aromatic N) is 3. The Morgan fingerprint density at radius 1 is 1.30 bits per heavy atom. The van der Waals surface area contributed by atoms with Gasteiger partial charge in [0.15, 0.2) is 5.69 Å². The summed E-state index contributed by atoms with van der Waals surface area (Å²) >= 11 is 1.60. The molecule has 2 aromatic heterocycles. The Morgan fingerprint density at radius 3 is 2.85 bits per heavy atom. The Bertz CT molecular complexity index is 921. The van der Waals surface area contributed by atoms with Crippen LogP contribution in [0, 0.1) is 12.8 Å². The van der Waals surface area contributed by atoms with Crippen LogP contribution in [0.25, 0.3) is 0 Å². The Kier molecular flexibility index (Phi) is 5.97. The molecule has 8 heteroatoms. The van der Waals surface area contributed by atoms with Crippen molar-refractivity contribution in [1.29, 1.82) is 0 Å². The maximum absolute atomic E-state index is 12.3. The number of thiophene rings is 1. The number of aliphatic carboxylic acids is 1. The second-order valence-corrected chi connectivity index (χ2v) is 7.35. The second kappa shape index (κ2) is 8.59. The summed E-state index contributed by atoms with van der Waals surface area (Å²) in [5, 5.41) is 21.9.